The number of sulfonamides is 1. The molecule has 0 spiro atoms. The molecule has 0 aliphatic carbocycles. The number of benzene rings is 1. The number of amides is 1. The normalized spacial score (nSPS) is 11.2. The second-order valence-electron chi connectivity index (χ2n) is 4.57. The van der Waals surface area contributed by atoms with Gasteiger partial charge in [-0.05, 0) is 31.2 Å². The lowest BCUT2D eigenvalue weighted by Crippen LogP contribution is -2.32. The SMILES string of the molecule is CCCNCCNC(=O)c1cc(Cl)ccc1NS(C)(=O)=O. The Morgan fingerprint density at radius 2 is 1.95 bits per heavy atom. The zero-order chi connectivity index (χ0) is 15.9. The maximum absolute atomic E-state index is 12.1. The fourth-order valence-corrected chi connectivity index (χ4v) is 2.40. The Morgan fingerprint density at radius 3 is 2.57 bits per heavy atom. The van der Waals surface area contributed by atoms with Gasteiger partial charge < -0.3 is 10.6 Å². The molecule has 21 heavy (non-hydrogen) atoms. The van der Waals surface area contributed by atoms with Crippen molar-refractivity contribution >= 4 is 33.2 Å². The Balaban J connectivity index is 2.75. The van der Waals surface area contributed by atoms with Crippen LogP contribution in [0.5, 0.6) is 0 Å². The molecule has 0 aliphatic heterocycles. The molecule has 0 fully saturated rings. The first-order chi connectivity index (χ1) is 9.83. The van der Waals surface area contributed by atoms with Gasteiger partial charge in [-0.3, -0.25) is 9.52 Å². The first-order valence-corrected chi connectivity index (χ1v) is 8.86. The molecule has 0 aliphatic rings. The van der Waals surface area contributed by atoms with E-state index in [1.807, 2.05) is 0 Å². The van der Waals surface area contributed by atoms with E-state index in [0.29, 0.717) is 18.1 Å². The summed E-state index contributed by atoms with van der Waals surface area (Å²) in [5.74, 6) is -0.373. The number of rotatable bonds is 8. The average Bonchev–Trinajstić information content (AvgIpc) is 2.39. The van der Waals surface area contributed by atoms with Gasteiger partial charge in [-0.25, -0.2) is 8.42 Å². The summed E-state index contributed by atoms with van der Waals surface area (Å²) >= 11 is 5.87. The second kappa shape index (κ2) is 8.21. The highest BCUT2D eigenvalue weighted by Gasteiger charge is 2.14. The number of nitrogens with one attached hydrogen (secondary N) is 3. The summed E-state index contributed by atoms with van der Waals surface area (Å²) in [6.45, 7) is 4.03. The van der Waals surface area contributed by atoms with E-state index in [0.717, 1.165) is 19.2 Å². The van der Waals surface area contributed by atoms with E-state index in [9.17, 15) is 13.2 Å². The van der Waals surface area contributed by atoms with Crippen LogP contribution in [0.2, 0.25) is 5.02 Å². The van der Waals surface area contributed by atoms with Gasteiger partial charge in [0, 0.05) is 18.1 Å². The molecule has 0 bridgehead atoms. The van der Waals surface area contributed by atoms with Gasteiger partial charge in [-0.2, -0.15) is 0 Å². The van der Waals surface area contributed by atoms with Crippen LogP contribution in [0.4, 0.5) is 5.69 Å². The van der Waals surface area contributed by atoms with Gasteiger partial charge in [0.15, 0.2) is 0 Å². The largest absolute Gasteiger partial charge is 0.351 e. The molecule has 0 aromatic heterocycles. The molecule has 118 valence electrons. The highest BCUT2D eigenvalue weighted by Crippen LogP contribution is 2.21. The van der Waals surface area contributed by atoms with Crippen molar-refractivity contribution in [1.29, 1.82) is 0 Å². The van der Waals surface area contributed by atoms with Gasteiger partial charge in [0.05, 0.1) is 17.5 Å². The van der Waals surface area contributed by atoms with E-state index in [1.165, 1.54) is 18.2 Å². The lowest BCUT2D eigenvalue weighted by molar-refractivity contribution is 0.0955. The van der Waals surface area contributed by atoms with Crippen molar-refractivity contribution in [2.75, 3.05) is 30.6 Å². The van der Waals surface area contributed by atoms with Crippen molar-refractivity contribution in [2.24, 2.45) is 0 Å². The lowest BCUT2D eigenvalue weighted by atomic mass is 10.1. The molecule has 0 saturated heterocycles. The first kappa shape index (κ1) is 17.7. The molecule has 1 aromatic rings. The van der Waals surface area contributed by atoms with E-state index >= 15 is 0 Å². The van der Waals surface area contributed by atoms with Crippen LogP contribution in [-0.4, -0.2) is 40.2 Å². The monoisotopic (exact) mass is 333 g/mol. The minimum atomic E-state index is -3.46. The van der Waals surface area contributed by atoms with Crippen LogP contribution in [0.1, 0.15) is 23.7 Å². The van der Waals surface area contributed by atoms with Crippen LogP contribution in [0.3, 0.4) is 0 Å². The fourth-order valence-electron chi connectivity index (χ4n) is 1.65. The van der Waals surface area contributed by atoms with Crippen molar-refractivity contribution in [3.8, 4) is 0 Å². The van der Waals surface area contributed by atoms with Crippen molar-refractivity contribution in [3.05, 3.63) is 28.8 Å². The molecule has 1 amide bonds. The Kier molecular flexibility index (Phi) is 6.94. The van der Waals surface area contributed by atoms with Crippen molar-refractivity contribution in [3.63, 3.8) is 0 Å². The topological polar surface area (TPSA) is 87.3 Å². The molecule has 0 heterocycles. The summed E-state index contributed by atoms with van der Waals surface area (Å²) < 4.78 is 24.9. The molecule has 0 radical (unpaired) electrons. The number of hydrogen-bond acceptors (Lipinski definition) is 4. The van der Waals surface area contributed by atoms with Crippen molar-refractivity contribution < 1.29 is 13.2 Å². The van der Waals surface area contributed by atoms with Crippen LogP contribution in [0.15, 0.2) is 18.2 Å². The third-order valence-electron chi connectivity index (χ3n) is 2.54. The van der Waals surface area contributed by atoms with Gasteiger partial charge in [0.2, 0.25) is 10.0 Å². The molecule has 0 saturated carbocycles. The molecular formula is C13H20ClN3O3S. The number of anilines is 1. The highest BCUT2D eigenvalue weighted by atomic mass is 35.5. The Morgan fingerprint density at radius 1 is 1.24 bits per heavy atom. The number of halogens is 1. The molecule has 0 unspecified atom stereocenters. The maximum atomic E-state index is 12.1. The maximum Gasteiger partial charge on any atom is 0.253 e. The van der Waals surface area contributed by atoms with E-state index in [1.54, 1.807) is 0 Å². The smallest absolute Gasteiger partial charge is 0.253 e. The summed E-state index contributed by atoms with van der Waals surface area (Å²) in [6, 6.07) is 4.42. The van der Waals surface area contributed by atoms with Crippen molar-refractivity contribution in [2.45, 2.75) is 13.3 Å². The van der Waals surface area contributed by atoms with Crippen LogP contribution in [0.25, 0.3) is 0 Å². The Bertz CT molecular complexity index is 590. The Labute approximate surface area is 130 Å². The minimum absolute atomic E-state index is 0.198. The predicted molar refractivity (Wildman–Crippen MR) is 85.4 cm³/mol. The van der Waals surface area contributed by atoms with Gasteiger partial charge in [0.1, 0.15) is 0 Å². The summed E-state index contributed by atoms with van der Waals surface area (Å²) in [5.41, 5.74) is 0.407. The van der Waals surface area contributed by atoms with Crippen LogP contribution in [0, 0.1) is 0 Å². The summed E-state index contributed by atoms with van der Waals surface area (Å²) in [4.78, 5) is 12.1. The number of carbonyl (C=O) groups excluding carboxylic acids is 1. The summed E-state index contributed by atoms with van der Waals surface area (Å²) in [5, 5.41) is 6.23. The number of hydrogen-bond donors (Lipinski definition) is 3. The highest BCUT2D eigenvalue weighted by molar-refractivity contribution is 7.92. The van der Waals surface area contributed by atoms with E-state index < -0.39 is 10.0 Å². The zero-order valence-corrected chi connectivity index (χ0v) is 13.6. The molecule has 0 atom stereocenters. The quantitative estimate of drug-likeness (QED) is 0.628. The third-order valence-corrected chi connectivity index (χ3v) is 3.36. The first-order valence-electron chi connectivity index (χ1n) is 6.59. The molecule has 1 rings (SSSR count). The second-order valence-corrected chi connectivity index (χ2v) is 6.75. The van der Waals surface area contributed by atoms with Crippen LogP contribution in [-0.2, 0) is 10.0 Å². The van der Waals surface area contributed by atoms with Crippen LogP contribution < -0.4 is 15.4 Å². The number of carbonyl (C=O) groups is 1. The molecule has 1 aromatic carbocycles. The van der Waals surface area contributed by atoms with Crippen molar-refractivity contribution in [1.82, 2.24) is 10.6 Å². The molecule has 6 nitrogen and oxygen atoms in total. The Hall–Kier alpha value is -1.31. The van der Waals surface area contributed by atoms with E-state index in [2.05, 4.69) is 22.3 Å². The summed E-state index contributed by atoms with van der Waals surface area (Å²) in [7, 11) is -3.46. The lowest BCUT2D eigenvalue weighted by Gasteiger charge is -2.12. The van der Waals surface area contributed by atoms with Crippen LogP contribution >= 0.6 is 11.6 Å². The standard InChI is InChI=1S/C13H20ClN3O3S/c1-3-6-15-7-8-16-13(18)11-9-10(14)4-5-12(11)17-21(2,19)20/h4-5,9,15,17H,3,6-8H2,1-2H3,(H,16,18). The van der Waals surface area contributed by atoms with E-state index in [4.69, 9.17) is 11.6 Å². The molecular weight excluding hydrogens is 314 g/mol. The van der Waals surface area contributed by atoms with E-state index in [-0.39, 0.29) is 17.2 Å². The van der Waals surface area contributed by atoms with Gasteiger partial charge in [0.25, 0.3) is 5.91 Å². The molecule has 3 N–H and O–H groups in total. The fraction of sp³-hybridized carbons (Fsp3) is 0.462. The third kappa shape index (κ3) is 6.79. The van der Waals surface area contributed by atoms with Gasteiger partial charge >= 0.3 is 0 Å². The van der Waals surface area contributed by atoms with Gasteiger partial charge in [-0.15, -0.1) is 0 Å². The zero-order valence-electron chi connectivity index (χ0n) is 12.1. The minimum Gasteiger partial charge on any atom is -0.351 e. The van der Waals surface area contributed by atoms with Gasteiger partial charge in [-0.1, -0.05) is 18.5 Å². The molecule has 8 heteroatoms. The average molecular weight is 334 g/mol. The predicted octanol–water partition coefficient (Wildman–Crippen LogP) is 1.44. The summed E-state index contributed by atoms with van der Waals surface area (Å²) in [6.07, 6.45) is 2.04.